The summed E-state index contributed by atoms with van der Waals surface area (Å²) in [5, 5.41) is 17.8. The first-order valence-electron chi connectivity index (χ1n) is 9.35. The van der Waals surface area contributed by atoms with Gasteiger partial charge in [0.2, 0.25) is 15.9 Å². The second-order valence-electron chi connectivity index (χ2n) is 6.88. The summed E-state index contributed by atoms with van der Waals surface area (Å²) in [7, 11) is -3.77. The number of aromatic nitrogens is 1. The molecule has 9 heteroatoms. The first-order chi connectivity index (χ1) is 13.9. The van der Waals surface area contributed by atoms with Gasteiger partial charge in [0.1, 0.15) is 11.1 Å². The van der Waals surface area contributed by atoms with Crippen molar-refractivity contribution in [3.05, 3.63) is 47.2 Å². The number of nitrogens with two attached hydrogens (primary N) is 1. The van der Waals surface area contributed by atoms with Crippen LogP contribution in [0.25, 0.3) is 0 Å². The molecule has 3 rings (SSSR count). The van der Waals surface area contributed by atoms with Gasteiger partial charge in [0.05, 0.1) is 16.2 Å². The van der Waals surface area contributed by atoms with Crippen LogP contribution in [0.4, 0.5) is 5.69 Å². The van der Waals surface area contributed by atoms with Crippen LogP contribution in [0.1, 0.15) is 42.5 Å². The predicted octanol–water partition coefficient (Wildman–Crippen LogP) is 2.99. The van der Waals surface area contributed by atoms with Crippen molar-refractivity contribution in [3.63, 3.8) is 0 Å². The fraction of sp³-hybridized carbons (Fsp3) is 0.350. The van der Waals surface area contributed by atoms with E-state index in [9.17, 15) is 18.5 Å². The summed E-state index contributed by atoms with van der Waals surface area (Å²) in [6, 6.07) is 9.74. The molecule has 0 bridgehead atoms. The Bertz CT molecular complexity index is 1040. The molecule has 0 spiro atoms. The number of sulfonamides is 1. The van der Waals surface area contributed by atoms with Gasteiger partial charge in [0.15, 0.2) is 0 Å². The van der Waals surface area contributed by atoms with Crippen molar-refractivity contribution < 1.29 is 13.2 Å². The quantitative estimate of drug-likeness (QED) is 0.702. The first kappa shape index (κ1) is 21.3. The van der Waals surface area contributed by atoms with Crippen LogP contribution in [0, 0.1) is 11.3 Å². The number of hydrogen-bond acceptors (Lipinski definition) is 6. The number of aryl methyl sites for hydroxylation is 2. The van der Waals surface area contributed by atoms with Crippen molar-refractivity contribution in [3.8, 4) is 6.07 Å². The van der Waals surface area contributed by atoms with Crippen LogP contribution >= 0.6 is 11.8 Å². The van der Waals surface area contributed by atoms with Crippen LogP contribution in [0.3, 0.4) is 0 Å². The largest absolute Gasteiger partial charge is 0.325 e. The van der Waals surface area contributed by atoms with Gasteiger partial charge in [-0.15, -0.1) is 0 Å². The molecule has 0 fully saturated rings. The Morgan fingerprint density at radius 1 is 1.17 bits per heavy atom. The molecule has 0 radical (unpaired) electrons. The molecule has 0 saturated heterocycles. The van der Waals surface area contributed by atoms with Gasteiger partial charge in [-0.2, -0.15) is 5.26 Å². The van der Waals surface area contributed by atoms with Crippen LogP contribution in [0.15, 0.2) is 40.3 Å². The van der Waals surface area contributed by atoms with Crippen molar-refractivity contribution in [1.82, 2.24) is 4.98 Å². The van der Waals surface area contributed by atoms with Gasteiger partial charge >= 0.3 is 0 Å². The Labute approximate surface area is 174 Å². The summed E-state index contributed by atoms with van der Waals surface area (Å²) in [4.78, 5) is 16.9. The van der Waals surface area contributed by atoms with E-state index in [1.54, 1.807) is 0 Å². The fourth-order valence-electron chi connectivity index (χ4n) is 3.22. The lowest BCUT2D eigenvalue weighted by Crippen LogP contribution is -2.15. The maximum Gasteiger partial charge on any atom is 0.238 e. The van der Waals surface area contributed by atoms with Gasteiger partial charge in [0, 0.05) is 11.4 Å². The molecule has 0 unspecified atom stereocenters. The van der Waals surface area contributed by atoms with Crippen LogP contribution in [0.5, 0.6) is 0 Å². The Kier molecular flexibility index (Phi) is 6.90. The van der Waals surface area contributed by atoms with E-state index in [1.807, 2.05) is 6.07 Å². The van der Waals surface area contributed by atoms with E-state index in [1.165, 1.54) is 48.9 Å². The maximum atomic E-state index is 12.3. The van der Waals surface area contributed by atoms with Crippen LogP contribution in [0.2, 0.25) is 0 Å². The maximum absolute atomic E-state index is 12.3. The van der Waals surface area contributed by atoms with E-state index in [2.05, 4.69) is 16.4 Å². The SMILES string of the molecule is N#Cc1cc2c(nc1SCC(=O)Nc1ccc(S(N)(=O)=O)cc1)CCCCCC2. The molecule has 1 amide bonds. The highest BCUT2D eigenvalue weighted by molar-refractivity contribution is 8.00. The van der Waals surface area contributed by atoms with E-state index < -0.39 is 10.0 Å². The number of carbonyl (C=O) groups excluding carboxylic acids is 1. The molecule has 1 aliphatic rings. The highest BCUT2D eigenvalue weighted by Crippen LogP contribution is 2.27. The van der Waals surface area contributed by atoms with Crippen molar-refractivity contribution in [2.24, 2.45) is 5.14 Å². The number of rotatable bonds is 5. The van der Waals surface area contributed by atoms with Crippen molar-refractivity contribution in [1.29, 1.82) is 5.26 Å². The molecule has 0 saturated carbocycles. The van der Waals surface area contributed by atoms with Crippen LogP contribution in [-0.2, 0) is 27.7 Å². The number of pyridine rings is 1. The summed E-state index contributed by atoms with van der Waals surface area (Å²) in [6.07, 6.45) is 6.43. The summed E-state index contributed by atoms with van der Waals surface area (Å²) in [5.41, 5.74) is 3.14. The molecule has 1 aromatic heterocycles. The summed E-state index contributed by atoms with van der Waals surface area (Å²) < 4.78 is 22.6. The lowest BCUT2D eigenvalue weighted by molar-refractivity contribution is -0.113. The normalized spacial score (nSPS) is 14.2. The number of carbonyl (C=O) groups is 1. The van der Waals surface area contributed by atoms with Gasteiger partial charge in [-0.1, -0.05) is 24.6 Å². The van der Waals surface area contributed by atoms with E-state index >= 15 is 0 Å². The van der Waals surface area contributed by atoms with Crippen molar-refractivity contribution >= 4 is 33.4 Å². The zero-order valence-electron chi connectivity index (χ0n) is 15.8. The smallest absolute Gasteiger partial charge is 0.238 e. The lowest BCUT2D eigenvalue weighted by atomic mass is 9.96. The second-order valence-corrected chi connectivity index (χ2v) is 9.40. The van der Waals surface area contributed by atoms with Crippen LogP contribution in [-0.4, -0.2) is 25.1 Å². The first-order valence-corrected chi connectivity index (χ1v) is 11.9. The number of primary sulfonamides is 1. The number of benzene rings is 1. The predicted molar refractivity (Wildman–Crippen MR) is 112 cm³/mol. The van der Waals surface area contributed by atoms with Gasteiger partial charge < -0.3 is 5.32 Å². The molecule has 1 heterocycles. The molecular formula is C20H22N4O3S2. The Morgan fingerprint density at radius 2 is 1.86 bits per heavy atom. The monoisotopic (exact) mass is 430 g/mol. The van der Waals surface area contributed by atoms with Crippen LogP contribution < -0.4 is 10.5 Å². The number of amides is 1. The van der Waals surface area contributed by atoms with Gasteiger partial charge in [-0.3, -0.25) is 4.79 Å². The lowest BCUT2D eigenvalue weighted by Gasteiger charge is -2.15. The summed E-state index contributed by atoms with van der Waals surface area (Å²) >= 11 is 1.23. The third-order valence-electron chi connectivity index (χ3n) is 4.69. The number of fused-ring (bicyclic) bond motifs is 1. The topological polar surface area (TPSA) is 126 Å². The molecule has 2 aromatic rings. The molecule has 152 valence electrons. The number of thioether (sulfide) groups is 1. The molecule has 7 nitrogen and oxygen atoms in total. The summed E-state index contributed by atoms with van der Waals surface area (Å²) in [6.45, 7) is 0. The number of nitrogens with one attached hydrogen (secondary N) is 1. The minimum absolute atomic E-state index is 0.0199. The summed E-state index contributed by atoms with van der Waals surface area (Å²) in [5.74, 6) is -0.173. The minimum atomic E-state index is -3.77. The highest BCUT2D eigenvalue weighted by Gasteiger charge is 2.15. The number of nitriles is 1. The van der Waals surface area contributed by atoms with Gasteiger partial charge in [0.25, 0.3) is 0 Å². The average Bonchev–Trinajstić information content (AvgIpc) is 2.66. The third kappa shape index (κ3) is 5.79. The minimum Gasteiger partial charge on any atom is -0.325 e. The van der Waals surface area contributed by atoms with Crippen molar-refractivity contribution in [2.45, 2.75) is 48.4 Å². The molecule has 3 N–H and O–H groups in total. The number of nitrogens with zero attached hydrogens (tertiary/aromatic N) is 2. The van der Waals surface area contributed by atoms with E-state index in [0.29, 0.717) is 16.3 Å². The van der Waals surface area contributed by atoms with E-state index in [-0.39, 0.29) is 16.6 Å². The Hall–Kier alpha value is -2.41. The average molecular weight is 431 g/mol. The molecule has 0 atom stereocenters. The fourth-order valence-corrected chi connectivity index (χ4v) is 4.51. The zero-order valence-corrected chi connectivity index (χ0v) is 17.5. The Morgan fingerprint density at radius 3 is 2.52 bits per heavy atom. The van der Waals surface area contributed by atoms with Gasteiger partial charge in [-0.25, -0.2) is 18.5 Å². The standard InChI is InChI=1S/C20H22N4O3S2/c21-12-15-11-14-5-3-1-2-4-6-18(14)24-20(15)28-13-19(25)23-16-7-9-17(10-8-16)29(22,26)27/h7-11H,1-6,13H2,(H,23,25)(H2,22,26,27). The van der Waals surface area contributed by atoms with E-state index in [0.717, 1.165) is 36.9 Å². The molecule has 0 aliphatic heterocycles. The second kappa shape index (κ2) is 9.39. The highest BCUT2D eigenvalue weighted by atomic mass is 32.2. The zero-order chi connectivity index (χ0) is 20.9. The number of anilines is 1. The van der Waals surface area contributed by atoms with Gasteiger partial charge in [-0.05, 0) is 61.6 Å². The van der Waals surface area contributed by atoms with E-state index in [4.69, 9.17) is 5.14 Å². The van der Waals surface area contributed by atoms with Crippen molar-refractivity contribution in [2.75, 3.05) is 11.1 Å². The molecule has 1 aromatic carbocycles. The molecule has 1 aliphatic carbocycles. The third-order valence-corrected chi connectivity index (χ3v) is 6.61. The number of hydrogen-bond donors (Lipinski definition) is 2. The Balaban J connectivity index is 1.66. The molecular weight excluding hydrogens is 408 g/mol. The molecule has 29 heavy (non-hydrogen) atoms.